The van der Waals surface area contributed by atoms with E-state index in [1.807, 2.05) is 12.1 Å². The molecule has 3 rings (SSSR count). The molecule has 1 heterocycles. The summed E-state index contributed by atoms with van der Waals surface area (Å²) in [5.41, 5.74) is 7.16. The van der Waals surface area contributed by atoms with Crippen LogP contribution in [0, 0.1) is 10.1 Å². The van der Waals surface area contributed by atoms with Crippen molar-refractivity contribution in [1.82, 2.24) is 0 Å². The third kappa shape index (κ3) is 5.01. The number of aliphatic imine (C=N–C) groups is 1. The first kappa shape index (κ1) is 18.8. The van der Waals surface area contributed by atoms with E-state index >= 15 is 0 Å². The van der Waals surface area contributed by atoms with Crippen molar-refractivity contribution < 1.29 is 14.4 Å². The second-order valence-electron chi connectivity index (χ2n) is 5.88. The molecule has 9 heteroatoms. The minimum atomic E-state index is -0.454. The van der Waals surface area contributed by atoms with Gasteiger partial charge in [-0.25, -0.2) is 0 Å². The first-order chi connectivity index (χ1) is 13.0. The van der Waals surface area contributed by atoms with Crippen LogP contribution in [0.3, 0.4) is 0 Å². The highest BCUT2D eigenvalue weighted by Gasteiger charge is 2.14. The fourth-order valence-corrected chi connectivity index (χ4v) is 2.81. The normalized spacial score (nSPS) is 13.7. The van der Waals surface area contributed by atoms with Crippen molar-refractivity contribution in [2.75, 3.05) is 25.1 Å². The minimum Gasteiger partial charge on any atom is -0.490 e. The van der Waals surface area contributed by atoms with Crippen LogP contribution in [-0.2, 0) is 6.42 Å². The maximum absolute atomic E-state index is 11.1. The van der Waals surface area contributed by atoms with E-state index in [1.54, 1.807) is 18.2 Å². The molecule has 0 radical (unpaired) electrons. The van der Waals surface area contributed by atoms with Crippen LogP contribution in [0.25, 0.3) is 0 Å². The molecule has 0 atom stereocenters. The number of rotatable bonds is 5. The largest absolute Gasteiger partial charge is 0.490 e. The Morgan fingerprint density at radius 3 is 2.78 bits per heavy atom. The SMILES string of the molecule is NC(=NCCc1ccc(Cl)cc1[N+](=O)[O-])Nc1ccc2c(c1)OCCCO2. The molecular weight excluding hydrogens is 372 g/mol. The Labute approximate surface area is 161 Å². The zero-order chi connectivity index (χ0) is 19.2. The zero-order valence-electron chi connectivity index (χ0n) is 14.5. The van der Waals surface area contributed by atoms with Gasteiger partial charge in [0, 0.05) is 41.4 Å². The van der Waals surface area contributed by atoms with Crippen LogP contribution >= 0.6 is 11.6 Å². The van der Waals surface area contributed by atoms with Gasteiger partial charge in [-0.1, -0.05) is 17.7 Å². The number of fused-ring (bicyclic) bond motifs is 1. The van der Waals surface area contributed by atoms with Crippen molar-refractivity contribution >= 4 is 28.9 Å². The Balaban J connectivity index is 1.62. The molecule has 2 aromatic carbocycles. The summed E-state index contributed by atoms with van der Waals surface area (Å²) < 4.78 is 11.2. The zero-order valence-corrected chi connectivity index (χ0v) is 15.2. The second-order valence-corrected chi connectivity index (χ2v) is 6.32. The second kappa shape index (κ2) is 8.59. The Morgan fingerprint density at radius 1 is 1.22 bits per heavy atom. The summed E-state index contributed by atoms with van der Waals surface area (Å²) >= 11 is 5.82. The number of nitro benzene ring substituents is 1. The molecule has 8 nitrogen and oxygen atoms in total. The van der Waals surface area contributed by atoms with E-state index in [1.165, 1.54) is 6.07 Å². The summed E-state index contributed by atoms with van der Waals surface area (Å²) in [6.07, 6.45) is 1.20. The highest BCUT2D eigenvalue weighted by atomic mass is 35.5. The molecule has 1 aliphatic heterocycles. The van der Waals surface area contributed by atoms with E-state index in [9.17, 15) is 10.1 Å². The van der Waals surface area contributed by atoms with Crippen LogP contribution in [0.2, 0.25) is 5.02 Å². The van der Waals surface area contributed by atoms with Gasteiger partial charge >= 0.3 is 0 Å². The fraction of sp³-hybridized carbons (Fsp3) is 0.278. The summed E-state index contributed by atoms with van der Waals surface area (Å²) in [6.45, 7) is 1.52. The lowest BCUT2D eigenvalue weighted by molar-refractivity contribution is -0.385. The number of nitrogens with one attached hydrogen (secondary N) is 1. The maximum atomic E-state index is 11.1. The number of hydrogen-bond acceptors (Lipinski definition) is 5. The summed E-state index contributed by atoms with van der Waals surface area (Å²) in [5.74, 6) is 1.56. The summed E-state index contributed by atoms with van der Waals surface area (Å²) in [5, 5.41) is 14.4. The molecule has 0 unspecified atom stereocenters. The van der Waals surface area contributed by atoms with Gasteiger partial charge in [-0.3, -0.25) is 15.1 Å². The number of hydrogen-bond donors (Lipinski definition) is 2. The molecule has 3 N–H and O–H groups in total. The van der Waals surface area contributed by atoms with Crippen molar-refractivity contribution in [2.24, 2.45) is 10.7 Å². The number of nitrogens with two attached hydrogens (primary N) is 1. The molecule has 0 saturated heterocycles. The molecule has 0 saturated carbocycles. The van der Waals surface area contributed by atoms with Crippen molar-refractivity contribution in [3.8, 4) is 11.5 Å². The molecule has 0 aliphatic carbocycles. The predicted octanol–water partition coefficient (Wildman–Crippen LogP) is 3.38. The Kier molecular flexibility index (Phi) is 5.97. The van der Waals surface area contributed by atoms with Gasteiger partial charge in [0.1, 0.15) is 0 Å². The van der Waals surface area contributed by atoms with Crippen LogP contribution < -0.4 is 20.5 Å². The topological polar surface area (TPSA) is 112 Å². The van der Waals surface area contributed by atoms with E-state index in [0.29, 0.717) is 48.3 Å². The lowest BCUT2D eigenvalue weighted by atomic mass is 10.1. The number of anilines is 1. The third-order valence-corrected chi connectivity index (χ3v) is 4.16. The average molecular weight is 391 g/mol. The fourth-order valence-electron chi connectivity index (χ4n) is 2.64. The summed E-state index contributed by atoms with van der Waals surface area (Å²) in [4.78, 5) is 14.9. The van der Waals surface area contributed by atoms with Gasteiger partial charge in [0.25, 0.3) is 5.69 Å². The quantitative estimate of drug-likeness (QED) is 0.350. The van der Waals surface area contributed by atoms with Crippen molar-refractivity contribution in [3.05, 3.63) is 57.1 Å². The number of guanidine groups is 1. The molecule has 0 fully saturated rings. The standard InChI is InChI=1S/C18H19ClN4O4/c19-13-3-2-12(15(10-13)23(24)25)6-7-21-18(20)22-14-4-5-16-17(11-14)27-9-1-8-26-16/h2-5,10-11H,1,6-9H2,(H3,20,21,22). The summed E-state index contributed by atoms with van der Waals surface area (Å²) in [7, 11) is 0. The van der Waals surface area contributed by atoms with Crippen molar-refractivity contribution in [3.63, 3.8) is 0 Å². The van der Waals surface area contributed by atoms with Gasteiger partial charge in [-0.05, 0) is 24.6 Å². The maximum Gasteiger partial charge on any atom is 0.274 e. The molecule has 27 heavy (non-hydrogen) atoms. The van der Waals surface area contributed by atoms with Crippen LogP contribution in [0.1, 0.15) is 12.0 Å². The number of benzene rings is 2. The molecule has 0 amide bonds. The Morgan fingerprint density at radius 2 is 2.00 bits per heavy atom. The number of nitro groups is 1. The third-order valence-electron chi connectivity index (χ3n) is 3.93. The number of ether oxygens (including phenoxy) is 2. The van der Waals surface area contributed by atoms with Gasteiger partial charge < -0.3 is 20.5 Å². The molecular formula is C18H19ClN4O4. The van der Waals surface area contributed by atoms with E-state index in [4.69, 9.17) is 26.8 Å². The van der Waals surface area contributed by atoms with Crippen LogP contribution in [0.15, 0.2) is 41.4 Å². The van der Waals surface area contributed by atoms with Crippen LogP contribution in [0.5, 0.6) is 11.5 Å². The highest BCUT2D eigenvalue weighted by molar-refractivity contribution is 6.30. The van der Waals surface area contributed by atoms with E-state index in [2.05, 4.69) is 10.3 Å². The minimum absolute atomic E-state index is 0.0212. The Bertz CT molecular complexity index is 872. The van der Waals surface area contributed by atoms with E-state index in [0.717, 1.165) is 12.1 Å². The number of nitrogens with zero attached hydrogens (tertiary/aromatic N) is 2. The lowest BCUT2D eigenvalue weighted by Crippen LogP contribution is -2.23. The van der Waals surface area contributed by atoms with Crippen LogP contribution in [-0.4, -0.2) is 30.6 Å². The van der Waals surface area contributed by atoms with Gasteiger partial charge in [0.15, 0.2) is 17.5 Å². The summed E-state index contributed by atoms with van der Waals surface area (Å²) in [6, 6.07) is 10.0. The van der Waals surface area contributed by atoms with Crippen molar-refractivity contribution in [1.29, 1.82) is 0 Å². The first-order valence-electron chi connectivity index (χ1n) is 8.42. The van der Waals surface area contributed by atoms with Crippen molar-refractivity contribution in [2.45, 2.75) is 12.8 Å². The average Bonchev–Trinajstić information content (AvgIpc) is 2.87. The van der Waals surface area contributed by atoms with E-state index in [-0.39, 0.29) is 11.6 Å². The van der Waals surface area contributed by atoms with Gasteiger partial charge in [0.2, 0.25) is 0 Å². The van der Waals surface area contributed by atoms with Gasteiger partial charge in [0.05, 0.1) is 18.1 Å². The van der Waals surface area contributed by atoms with Crippen LogP contribution in [0.4, 0.5) is 11.4 Å². The lowest BCUT2D eigenvalue weighted by Gasteiger charge is -2.10. The first-order valence-corrected chi connectivity index (χ1v) is 8.80. The van der Waals surface area contributed by atoms with Gasteiger partial charge in [-0.15, -0.1) is 0 Å². The highest BCUT2D eigenvalue weighted by Crippen LogP contribution is 2.32. The smallest absolute Gasteiger partial charge is 0.274 e. The molecule has 0 spiro atoms. The van der Waals surface area contributed by atoms with E-state index < -0.39 is 4.92 Å². The molecule has 0 bridgehead atoms. The molecule has 0 aromatic heterocycles. The Hall–Kier alpha value is -3.00. The van der Waals surface area contributed by atoms with Gasteiger partial charge in [-0.2, -0.15) is 0 Å². The monoisotopic (exact) mass is 390 g/mol. The molecule has 142 valence electrons. The molecule has 1 aliphatic rings. The number of halogens is 1. The molecule has 2 aromatic rings. The predicted molar refractivity (Wildman–Crippen MR) is 104 cm³/mol.